The van der Waals surface area contributed by atoms with Crippen LogP contribution in [0.15, 0.2) is 59.6 Å². The molecule has 0 amide bonds. The van der Waals surface area contributed by atoms with E-state index in [4.69, 9.17) is 16.3 Å². The van der Waals surface area contributed by atoms with Gasteiger partial charge in [0.25, 0.3) is 10.0 Å². The lowest BCUT2D eigenvalue weighted by molar-refractivity contribution is -0.141. The number of sulfonamides is 1. The van der Waals surface area contributed by atoms with E-state index >= 15 is 0 Å². The van der Waals surface area contributed by atoms with Crippen LogP contribution in [0.3, 0.4) is 0 Å². The molecule has 0 atom stereocenters. The first-order valence-corrected chi connectivity index (χ1v) is 10.8. The summed E-state index contributed by atoms with van der Waals surface area (Å²) in [6.45, 7) is -0.0958. The van der Waals surface area contributed by atoms with Crippen molar-refractivity contribution < 1.29 is 26.3 Å². The van der Waals surface area contributed by atoms with Gasteiger partial charge in [0.2, 0.25) is 0 Å². The Morgan fingerprint density at radius 2 is 1.84 bits per heavy atom. The van der Waals surface area contributed by atoms with Gasteiger partial charge in [-0.05, 0) is 35.9 Å². The molecule has 6 nitrogen and oxygen atoms in total. The zero-order valence-electron chi connectivity index (χ0n) is 16.4. The number of nitrogens with one attached hydrogen (secondary N) is 1. The Hall–Kier alpha value is -3.13. The summed E-state index contributed by atoms with van der Waals surface area (Å²) in [4.78, 5) is 3.17. The highest BCUT2D eigenvalue weighted by atomic mass is 35.5. The quantitative estimate of drug-likeness (QED) is 0.520. The summed E-state index contributed by atoms with van der Waals surface area (Å²) in [6, 6.07) is 12.9. The van der Waals surface area contributed by atoms with E-state index in [-0.39, 0.29) is 38.8 Å². The number of methoxy groups -OCH3 is 1. The number of rotatable bonds is 6. The van der Waals surface area contributed by atoms with Gasteiger partial charge >= 0.3 is 6.18 Å². The van der Waals surface area contributed by atoms with Gasteiger partial charge in [-0.15, -0.1) is 0 Å². The Labute approximate surface area is 187 Å². The van der Waals surface area contributed by atoms with Crippen LogP contribution in [0.25, 0.3) is 11.1 Å². The van der Waals surface area contributed by atoms with Gasteiger partial charge in [0.15, 0.2) is 0 Å². The Morgan fingerprint density at radius 1 is 1.16 bits per heavy atom. The molecule has 3 rings (SSSR count). The number of anilines is 1. The Bertz CT molecular complexity index is 1290. The maximum absolute atomic E-state index is 13.1. The molecule has 0 aliphatic carbocycles. The molecule has 32 heavy (non-hydrogen) atoms. The van der Waals surface area contributed by atoms with E-state index in [1.807, 2.05) is 0 Å². The molecule has 0 saturated carbocycles. The highest BCUT2D eigenvalue weighted by molar-refractivity contribution is 7.92. The van der Waals surface area contributed by atoms with Crippen LogP contribution in [0, 0.1) is 11.3 Å². The summed E-state index contributed by atoms with van der Waals surface area (Å²) < 4.78 is 72.6. The fourth-order valence-electron chi connectivity index (χ4n) is 2.95. The molecule has 0 unspecified atom stereocenters. The van der Waals surface area contributed by atoms with Gasteiger partial charge in [-0.25, -0.2) is 8.42 Å². The Balaban J connectivity index is 2.19. The van der Waals surface area contributed by atoms with Crippen molar-refractivity contribution in [3.8, 4) is 17.2 Å². The third kappa shape index (κ3) is 5.02. The van der Waals surface area contributed by atoms with E-state index in [2.05, 4.69) is 9.71 Å². The highest BCUT2D eigenvalue weighted by Crippen LogP contribution is 2.37. The maximum atomic E-state index is 13.1. The van der Waals surface area contributed by atoms with Crippen molar-refractivity contribution in [2.24, 2.45) is 0 Å². The standard InChI is InChI=1S/C21H15ClF3N3O3S/c1-31-12-14-7-18(22)16(17-11-27-20(21(23,24)25)8-13(17)10-26)9-19(14)32(29,30)28-15-5-3-2-4-6-15/h2-9,11,28H,12H2,1H3. The van der Waals surface area contributed by atoms with E-state index < -0.39 is 21.9 Å². The minimum Gasteiger partial charge on any atom is -0.380 e. The Morgan fingerprint density at radius 3 is 2.44 bits per heavy atom. The van der Waals surface area contributed by atoms with Crippen LogP contribution in [0.5, 0.6) is 0 Å². The number of halogens is 4. The van der Waals surface area contributed by atoms with Crippen LogP contribution in [0.2, 0.25) is 5.02 Å². The molecule has 166 valence electrons. The van der Waals surface area contributed by atoms with Crippen molar-refractivity contribution in [2.45, 2.75) is 17.7 Å². The van der Waals surface area contributed by atoms with Crippen LogP contribution in [-0.4, -0.2) is 20.5 Å². The monoisotopic (exact) mass is 481 g/mol. The number of ether oxygens (including phenoxy) is 1. The molecule has 2 aromatic carbocycles. The number of hydrogen-bond acceptors (Lipinski definition) is 5. The molecule has 0 radical (unpaired) electrons. The topological polar surface area (TPSA) is 92.1 Å². The van der Waals surface area contributed by atoms with Crippen molar-refractivity contribution >= 4 is 27.3 Å². The van der Waals surface area contributed by atoms with Crippen molar-refractivity contribution in [1.82, 2.24) is 4.98 Å². The van der Waals surface area contributed by atoms with Crippen molar-refractivity contribution in [2.75, 3.05) is 11.8 Å². The minimum absolute atomic E-state index is 0.0220. The third-order valence-electron chi connectivity index (χ3n) is 4.37. The van der Waals surface area contributed by atoms with E-state index in [1.54, 1.807) is 36.4 Å². The number of alkyl halides is 3. The molecule has 0 spiro atoms. The van der Waals surface area contributed by atoms with Gasteiger partial charge in [-0.3, -0.25) is 9.71 Å². The van der Waals surface area contributed by atoms with E-state index in [9.17, 15) is 26.9 Å². The van der Waals surface area contributed by atoms with Crippen LogP contribution in [0.1, 0.15) is 16.8 Å². The van der Waals surface area contributed by atoms with Crippen molar-refractivity contribution in [1.29, 1.82) is 5.26 Å². The first kappa shape index (κ1) is 23.5. The third-order valence-corrected chi connectivity index (χ3v) is 6.15. The fraction of sp³-hybridized carbons (Fsp3) is 0.143. The molecule has 0 aliphatic rings. The second kappa shape index (κ2) is 9.16. The largest absolute Gasteiger partial charge is 0.433 e. The summed E-state index contributed by atoms with van der Waals surface area (Å²) in [5.41, 5.74) is -1.07. The van der Waals surface area contributed by atoms with E-state index in [1.165, 1.54) is 19.2 Å². The molecule has 1 aromatic heterocycles. The SMILES string of the molecule is COCc1cc(Cl)c(-c2cnc(C(F)(F)F)cc2C#N)cc1S(=O)(=O)Nc1ccccc1. The average molecular weight is 482 g/mol. The van der Waals surface area contributed by atoms with E-state index in [0.29, 0.717) is 11.8 Å². The van der Waals surface area contributed by atoms with Gasteiger partial charge in [-0.2, -0.15) is 18.4 Å². The lowest BCUT2D eigenvalue weighted by Crippen LogP contribution is -2.16. The van der Waals surface area contributed by atoms with Gasteiger partial charge < -0.3 is 4.74 Å². The lowest BCUT2D eigenvalue weighted by Gasteiger charge is -2.16. The lowest BCUT2D eigenvalue weighted by atomic mass is 10.0. The molecule has 0 bridgehead atoms. The van der Waals surface area contributed by atoms with Gasteiger partial charge in [0.05, 0.1) is 23.1 Å². The van der Waals surface area contributed by atoms with Crippen molar-refractivity contribution in [3.63, 3.8) is 0 Å². The maximum Gasteiger partial charge on any atom is 0.433 e. The molecule has 11 heteroatoms. The fourth-order valence-corrected chi connectivity index (χ4v) is 4.53. The van der Waals surface area contributed by atoms with Crippen LogP contribution < -0.4 is 4.72 Å². The van der Waals surface area contributed by atoms with Crippen LogP contribution >= 0.6 is 11.6 Å². The first-order valence-electron chi connectivity index (χ1n) is 8.93. The number of benzene rings is 2. The molecular formula is C21H15ClF3N3O3S. The van der Waals surface area contributed by atoms with Gasteiger partial charge in [0, 0.05) is 35.1 Å². The summed E-state index contributed by atoms with van der Waals surface area (Å²) in [7, 11) is -2.76. The Kier molecular flexibility index (Phi) is 6.74. The summed E-state index contributed by atoms with van der Waals surface area (Å²) in [6.07, 6.45) is -3.90. The predicted octanol–water partition coefficient (Wildman–Crippen LogP) is 5.24. The number of para-hydroxylation sites is 1. The number of nitrogens with zero attached hydrogens (tertiary/aromatic N) is 2. The second-order valence-corrected chi connectivity index (χ2v) is 8.63. The van der Waals surface area contributed by atoms with Crippen LogP contribution in [-0.2, 0) is 27.5 Å². The molecule has 1 heterocycles. The molecule has 0 fully saturated rings. The summed E-state index contributed by atoms with van der Waals surface area (Å²) in [5.74, 6) is 0. The number of nitriles is 1. The average Bonchev–Trinajstić information content (AvgIpc) is 2.73. The smallest absolute Gasteiger partial charge is 0.380 e. The molecule has 1 N–H and O–H groups in total. The summed E-state index contributed by atoms with van der Waals surface area (Å²) >= 11 is 6.31. The number of hydrogen-bond donors (Lipinski definition) is 1. The number of aromatic nitrogens is 1. The van der Waals surface area contributed by atoms with Gasteiger partial charge in [0.1, 0.15) is 5.69 Å². The van der Waals surface area contributed by atoms with Gasteiger partial charge in [-0.1, -0.05) is 29.8 Å². The second-order valence-electron chi connectivity index (χ2n) is 6.57. The molecule has 3 aromatic rings. The summed E-state index contributed by atoms with van der Waals surface area (Å²) in [5, 5.41) is 9.41. The van der Waals surface area contributed by atoms with Crippen molar-refractivity contribution in [3.05, 3.63) is 76.6 Å². The minimum atomic E-state index is -4.75. The first-order chi connectivity index (χ1) is 15.1. The highest BCUT2D eigenvalue weighted by Gasteiger charge is 2.33. The zero-order valence-corrected chi connectivity index (χ0v) is 18.0. The zero-order chi connectivity index (χ0) is 23.5. The number of pyridine rings is 1. The van der Waals surface area contributed by atoms with E-state index in [0.717, 1.165) is 6.20 Å². The molecular weight excluding hydrogens is 467 g/mol. The molecule has 0 aliphatic heterocycles. The normalized spacial score (nSPS) is 11.8. The predicted molar refractivity (Wildman–Crippen MR) is 112 cm³/mol. The molecule has 0 saturated heterocycles. The van der Waals surface area contributed by atoms with Crippen LogP contribution in [0.4, 0.5) is 18.9 Å².